The van der Waals surface area contributed by atoms with Crippen LogP contribution in [0.2, 0.25) is 0 Å². The number of hydrogen-bond acceptors (Lipinski definition) is 3. The van der Waals surface area contributed by atoms with Gasteiger partial charge in [0.25, 0.3) is 5.91 Å². The van der Waals surface area contributed by atoms with Crippen LogP contribution in [0.15, 0.2) is 28.7 Å². The van der Waals surface area contributed by atoms with Crippen molar-refractivity contribution in [3.8, 4) is 0 Å². The van der Waals surface area contributed by atoms with Crippen molar-refractivity contribution in [3.05, 3.63) is 34.3 Å². The van der Waals surface area contributed by atoms with E-state index in [0.717, 1.165) is 43.5 Å². The maximum Gasteiger partial charge on any atom is 0.253 e. The number of halogens is 1. The molecule has 0 bridgehead atoms. The first-order chi connectivity index (χ1) is 12.0. The summed E-state index contributed by atoms with van der Waals surface area (Å²) >= 11 is 3.38. The van der Waals surface area contributed by atoms with Gasteiger partial charge in [0.15, 0.2) is 0 Å². The fourth-order valence-electron chi connectivity index (χ4n) is 3.37. The van der Waals surface area contributed by atoms with E-state index in [1.54, 1.807) is 0 Å². The van der Waals surface area contributed by atoms with E-state index in [4.69, 9.17) is 0 Å². The third-order valence-corrected chi connectivity index (χ3v) is 5.66. The van der Waals surface area contributed by atoms with E-state index < -0.39 is 0 Å². The second-order valence-corrected chi connectivity index (χ2v) is 7.91. The van der Waals surface area contributed by atoms with E-state index >= 15 is 0 Å². The van der Waals surface area contributed by atoms with Gasteiger partial charge < -0.3 is 9.80 Å². The average molecular weight is 410 g/mol. The lowest BCUT2D eigenvalue weighted by Crippen LogP contribution is -3.12. The maximum absolute atomic E-state index is 12.5. The van der Waals surface area contributed by atoms with Gasteiger partial charge in [0, 0.05) is 29.0 Å². The lowest BCUT2D eigenvalue weighted by atomic mass is 9.95. The van der Waals surface area contributed by atoms with Crippen molar-refractivity contribution in [1.82, 2.24) is 15.3 Å². The molecule has 2 saturated heterocycles. The summed E-state index contributed by atoms with van der Waals surface area (Å²) < 4.78 is 0.963. The van der Waals surface area contributed by atoms with E-state index in [1.165, 1.54) is 4.90 Å². The van der Waals surface area contributed by atoms with Crippen LogP contribution in [-0.4, -0.2) is 68.0 Å². The van der Waals surface area contributed by atoms with Gasteiger partial charge in [-0.05, 0) is 37.1 Å². The molecule has 0 radical (unpaired) electrons. The number of likely N-dealkylation sites (tertiary alicyclic amines) is 1. The molecule has 136 valence electrons. The number of hydrogen-bond donors (Lipinski definition) is 2. The number of amides is 2. The van der Waals surface area contributed by atoms with Crippen molar-refractivity contribution in [2.45, 2.75) is 12.8 Å². The van der Waals surface area contributed by atoms with Crippen LogP contribution in [-0.2, 0) is 4.79 Å². The molecule has 0 saturated carbocycles. The molecule has 1 aromatic rings. The Morgan fingerprint density at radius 3 is 2.28 bits per heavy atom. The zero-order chi connectivity index (χ0) is 17.8. The van der Waals surface area contributed by atoms with Crippen LogP contribution in [0.3, 0.4) is 0 Å². The summed E-state index contributed by atoms with van der Waals surface area (Å²) in [5.41, 5.74) is 3.76. The van der Waals surface area contributed by atoms with E-state index in [0.29, 0.717) is 18.7 Å². The lowest BCUT2D eigenvalue weighted by molar-refractivity contribution is -0.884. The number of hydrazine groups is 1. The second-order valence-electron chi connectivity index (χ2n) is 6.99. The van der Waals surface area contributed by atoms with Crippen LogP contribution in [0, 0.1) is 5.92 Å². The highest BCUT2D eigenvalue weighted by Gasteiger charge is 2.29. The maximum atomic E-state index is 12.5. The number of nitrogens with one attached hydrogen (secondary N) is 2. The summed E-state index contributed by atoms with van der Waals surface area (Å²) in [5.74, 6) is 0.157. The minimum absolute atomic E-state index is 0.000899. The molecule has 0 aromatic heterocycles. The fourth-order valence-corrected chi connectivity index (χ4v) is 3.63. The number of carbonyl (C=O) groups excluding carboxylic acids is 2. The van der Waals surface area contributed by atoms with Gasteiger partial charge in [-0.2, -0.15) is 0 Å². The number of benzene rings is 1. The molecule has 1 aromatic carbocycles. The molecule has 0 spiro atoms. The number of nitrogens with zero attached hydrogens (tertiary/aromatic N) is 2. The fraction of sp³-hybridized carbons (Fsp3) is 0.556. The largest absolute Gasteiger partial charge is 0.339 e. The Morgan fingerprint density at radius 2 is 1.68 bits per heavy atom. The Kier molecular flexibility index (Phi) is 6.09. The molecule has 2 aliphatic heterocycles. The summed E-state index contributed by atoms with van der Waals surface area (Å²) in [6.45, 7) is 5.19. The molecular formula is C18H26BrN4O2+. The van der Waals surface area contributed by atoms with E-state index in [-0.39, 0.29) is 17.7 Å². The Balaban J connectivity index is 1.47. The zero-order valence-corrected chi connectivity index (χ0v) is 16.2. The summed E-state index contributed by atoms with van der Waals surface area (Å²) in [7, 11) is 2.18. The quantitative estimate of drug-likeness (QED) is 0.747. The number of likely N-dealkylation sites (N-methyl/N-ethyl adjacent to an activating group) is 1. The summed E-state index contributed by atoms with van der Waals surface area (Å²) in [6.07, 6.45) is 1.46. The van der Waals surface area contributed by atoms with Crippen LogP contribution in [0.25, 0.3) is 0 Å². The Labute approximate surface area is 157 Å². The Morgan fingerprint density at radius 1 is 1.08 bits per heavy atom. The smallest absolute Gasteiger partial charge is 0.253 e. The molecule has 3 rings (SSSR count). The normalized spacial score (nSPS) is 20.5. The minimum Gasteiger partial charge on any atom is -0.339 e. The molecule has 0 atom stereocenters. The average Bonchev–Trinajstić information content (AvgIpc) is 2.64. The number of quaternary nitrogens is 1. The van der Waals surface area contributed by atoms with Crippen molar-refractivity contribution in [3.63, 3.8) is 0 Å². The van der Waals surface area contributed by atoms with Crippen LogP contribution >= 0.6 is 15.9 Å². The first kappa shape index (κ1) is 18.4. The van der Waals surface area contributed by atoms with Crippen LogP contribution < -0.4 is 10.3 Å². The molecule has 0 unspecified atom stereocenters. The molecule has 0 aliphatic carbocycles. The number of piperidine rings is 1. The molecule has 2 N–H and O–H groups in total. The van der Waals surface area contributed by atoms with Crippen molar-refractivity contribution in [1.29, 1.82) is 0 Å². The first-order valence-electron chi connectivity index (χ1n) is 8.94. The molecular weight excluding hydrogens is 384 g/mol. The SMILES string of the molecule is C[NH+]1CCN(NC(=O)C2CCN(C(=O)c3ccc(Br)cc3)CC2)CC1. The molecule has 2 fully saturated rings. The van der Waals surface area contributed by atoms with E-state index in [2.05, 4.69) is 28.4 Å². The van der Waals surface area contributed by atoms with Gasteiger partial charge in [0.1, 0.15) is 0 Å². The van der Waals surface area contributed by atoms with Gasteiger partial charge in [0.05, 0.1) is 33.2 Å². The molecule has 2 heterocycles. The molecule has 6 nitrogen and oxygen atoms in total. The third kappa shape index (κ3) is 4.80. The van der Waals surface area contributed by atoms with Gasteiger partial charge in [-0.25, -0.2) is 5.01 Å². The zero-order valence-electron chi connectivity index (χ0n) is 14.6. The Bertz CT molecular complexity index is 606. The Hall–Kier alpha value is -1.44. The van der Waals surface area contributed by atoms with Crippen LogP contribution in [0.4, 0.5) is 0 Å². The highest BCUT2D eigenvalue weighted by Crippen LogP contribution is 2.20. The number of rotatable bonds is 3. The van der Waals surface area contributed by atoms with Crippen molar-refractivity contribution < 1.29 is 14.5 Å². The first-order valence-corrected chi connectivity index (χ1v) is 9.74. The van der Waals surface area contributed by atoms with Crippen molar-refractivity contribution in [2.75, 3.05) is 46.3 Å². The van der Waals surface area contributed by atoms with Gasteiger partial charge in [0.2, 0.25) is 5.91 Å². The molecule has 2 aliphatic rings. The standard InChI is InChI=1S/C18H25BrN4O2/c1-21-10-12-23(13-11-21)20-17(24)14-6-8-22(9-7-14)18(25)15-2-4-16(19)5-3-15/h2-5,14H,6-13H2,1H3,(H,20,24)/p+1. The van der Waals surface area contributed by atoms with Crippen molar-refractivity contribution in [2.24, 2.45) is 5.92 Å². The summed E-state index contributed by atoms with van der Waals surface area (Å²) in [5, 5.41) is 2.04. The molecule has 25 heavy (non-hydrogen) atoms. The predicted molar refractivity (Wildman–Crippen MR) is 99.1 cm³/mol. The minimum atomic E-state index is 0.000899. The topological polar surface area (TPSA) is 57.1 Å². The highest BCUT2D eigenvalue weighted by molar-refractivity contribution is 9.10. The molecule has 2 amide bonds. The summed E-state index contributed by atoms with van der Waals surface area (Å²) in [6, 6.07) is 7.43. The predicted octanol–water partition coefficient (Wildman–Crippen LogP) is 0.163. The molecule has 7 heteroatoms. The van der Waals surface area contributed by atoms with E-state index in [9.17, 15) is 9.59 Å². The highest BCUT2D eigenvalue weighted by atomic mass is 79.9. The van der Waals surface area contributed by atoms with Crippen LogP contribution in [0.5, 0.6) is 0 Å². The van der Waals surface area contributed by atoms with Crippen molar-refractivity contribution >= 4 is 27.7 Å². The number of piperazine rings is 1. The number of carbonyl (C=O) groups is 2. The van der Waals surface area contributed by atoms with Gasteiger partial charge in [-0.1, -0.05) is 15.9 Å². The van der Waals surface area contributed by atoms with Gasteiger partial charge >= 0.3 is 0 Å². The lowest BCUT2D eigenvalue weighted by Gasteiger charge is -2.34. The van der Waals surface area contributed by atoms with Gasteiger partial charge in [-0.15, -0.1) is 0 Å². The third-order valence-electron chi connectivity index (χ3n) is 5.13. The monoisotopic (exact) mass is 409 g/mol. The van der Waals surface area contributed by atoms with E-state index in [1.807, 2.05) is 34.2 Å². The summed E-state index contributed by atoms with van der Waals surface area (Å²) in [4.78, 5) is 28.4. The van der Waals surface area contributed by atoms with Gasteiger partial charge in [-0.3, -0.25) is 15.0 Å². The van der Waals surface area contributed by atoms with Crippen LogP contribution in [0.1, 0.15) is 23.2 Å². The second kappa shape index (κ2) is 8.29.